The van der Waals surface area contributed by atoms with Gasteiger partial charge in [0.25, 0.3) is 0 Å². The normalized spacial score (nSPS) is 16.3. The predicted octanol–water partition coefficient (Wildman–Crippen LogP) is 3.69. The lowest BCUT2D eigenvalue weighted by Gasteiger charge is -2.31. The summed E-state index contributed by atoms with van der Waals surface area (Å²) in [4.78, 5) is 18.8. The van der Waals surface area contributed by atoms with Gasteiger partial charge in [-0.15, -0.1) is 0 Å². The van der Waals surface area contributed by atoms with Gasteiger partial charge in [-0.2, -0.15) is 0 Å². The van der Waals surface area contributed by atoms with Crippen molar-refractivity contribution in [2.24, 2.45) is 11.8 Å². The molecule has 2 heterocycles. The third kappa shape index (κ3) is 4.19. The highest BCUT2D eigenvalue weighted by atomic mass is 16.1. The molecule has 2 rings (SSSR count). The van der Waals surface area contributed by atoms with Crippen molar-refractivity contribution in [3.8, 4) is 0 Å². The largest absolute Gasteiger partial charge is 0.370 e. The second-order valence-corrected chi connectivity index (χ2v) is 6.07. The number of aromatic nitrogens is 1. The lowest BCUT2D eigenvalue weighted by Crippen LogP contribution is -2.32. The fraction of sp³-hybridized carbons (Fsp3) is 0.647. The van der Waals surface area contributed by atoms with Crippen molar-refractivity contribution in [2.45, 2.75) is 46.5 Å². The van der Waals surface area contributed by atoms with E-state index in [0.717, 1.165) is 37.5 Å². The van der Waals surface area contributed by atoms with Gasteiger partial charge in [0.1, 0.15) is 5.82 Å². The maximum Gasteiger partial charge on any atom is 0.228 e. The molecule has 0 aromatic carbocycles. The van der Waals surface area contributed by atoms with Crippen LogP contribution in [0.25, 0.3) is 0 Å². The van der Waals surface area contributed by atoms with Gasteiger partial charge >= 0.3 is 0 Å². The van der Waals surface area contributed by atoms with Gasteiger partial charge in [-0.05, 0) is 43.7 Å². The average Bonchev–Trinajstić information content (AvgIpc) is 2.50. The SMILES string of the molecule is CCC(CC)C(=O)Nc1ccc(N2CCC(C)CC2)cn1. The summed E-state index contributed by atoms with van der Waals surface area (Å²) in [5.41, 5.74) is 1.16. The highest BCUT2D eigenvalue weighted by Crippen LogP contribution is 2.23. The molecule has 0 unspecified atom stereocenters. The number of hydrogen-bond donors (Lipinski definition) is 1. The third-order valence-corrected chi connectivity index (χ3v) is 4.50. The van der Waals surface area contributed by atoms with Crippen LogP contribution >= 0.6 is 0 Å². The first-order valence-electron chi connectivity index (χ1n) is 8.15. The monoisotopic (exact) mass is 289 g/mol. The minimum Gasteiger partial charge on any atom is -0.370 e. The summed E-state index contributed by atoms with van der Waals surface area (Å²) in [5.74, 6) is 1.64. The Morgan fingerprint density at radius 3 is 2.52 bits per heavy atom. The van der Waals surface area contributed by atoms with Crippen LogP contribution in [-0.2, 0) is 4.79 Å². The first kappa shape index (κ1) is 15.8. The van der Waals surface area contributed by atoms with E-state index in [-0.39, 0.29) is 11.8 Å². The molecule has 0 saturated carbocycles. The van der Waals surface area contributed by atoms with E-state index in [9.17, 15) is 4.79 Å². The third-order valence-electron chi connectivity index (χ3n) is 4.50. The minimum absolute atomic E-state index is 0.0760. The quantitative estimate of drug-likeness (QED) is 0.899. The Morgan fingerprint density at radius 2 is 2.00 bits per heavy atom. The van der Waals surface area contributed by atoms with E-state index in [0.29, 0.717) is 5.82 Å². The summed E-state index contributed by atoms with van der Waals surface area (Å²) in [6, 6.07) is 3.97. The van der Waals surface area contributed by atoms with Crippen LogP contribution in [0.1, 0.15) is 46.5 Å². The van der Waals surface area contributed by atoms with Crippen molar-refractivity contribution in [1.82, 2.24) is 4.98 Å². The smallest absolute Gasteiger partial charge is 0.228 e. The van der Waals surface area contributed by atoms with Crippen molar-refractivity contribution in [1.29, 1.82) is 0 Å². The van der Waals surface area contributed by atoms with E-state index in [4.69, 9.17) is 0 Å². The van der Waals surface area contributed by atoms with E-state index < -0.39 is 0 Å². The number of amides is 1. The highest BCUT2D eigenvalue weighted by molar-refractivity contribution is 5.91. The Morgan fingerprint density at radius 1 is 1.33 bits per heavy atom. The number of nitrogens with zero attached hydrogens (tertiary/aromatic N) is 2. The Balaban J connectivity index is 1.94. The molecule has 21 heavy (non-hydrogen) atoms. The van der Waals surface area contributed by atoms with Crippen LogP contribution in [0.2, 0.25) is 0 Å². The minimum atomic E-state index is 0.0760. The second-order valence-electron chi connectivity index (χ2n) is 6.07. The predicted molar refractivity (Wildman–Crippen MR) is 87.5 cm³/mol. The number of anilines is 2. The zero-order chi connectivity index (χ0) is 15.2. The summed E-state index contributed by atoms with van der Waals surface area (Å²) in [5, 5.41) is 2.91. The highest BCUT2D eigenvalue weighted by Gasteiger charge is 2.17. The molecule has 4 heteroatoms. The number of carbonyl (C=O) groups excluding carboxylic acids is 1. The average molecular weight is 289 g/mol. The zero-order valence-corrected chi connectivity index (χ0v) is 13.4. The molecule has 1 N–H and O–H groups in total. The van der Waals surface area contributed by atoms with Crippen LogP contribution in [0.15, 0.2) is 18.3 Å². The zero-order valence-electron chi connectivity index (χ0n) is 13.4. The molecule has 1 aromatic rings. The van der Waals surface area contributed by atoms with Gasteiger partial charge in [-0.1, -0.05) is 20.8 Å². The second kappa shape index (κ2) is 7.43. The van der Waals surface area contributed by atoms with Crippen LogP contribution < -0.4 is 10.2 Å². The summed E-state index contributed by atoms with van der Waals surface area (Å²) >= 11 is 0. The van der Waals surface area contributed by atoms with Gasteiger partial charge in [0.2, 0.25) is 5.91 Å². The summed E-state index contributed by atoms with van der Waals surface area (Å²) < 4.78 is 0. The molecule has 116 valence electrons. The molecule has 0 spiro atoms. The molecule has 4 nitrogen and oxygen atoms in total. The number of hydrogen-bond acceptors (Lipinski definition) is 3. The van der Waals surface area contributed by atoms with Crippen molar-refractivity contribution >= 4 is 17.4 Å². The van der Waals surface area contributed by atoms with E-state index in [1.807, 2.05) is 26.1 Å². The van der Waals surface area contributed by atoms with Crippen molar-refractivity contribution in [3.63, 3.8) is 0 Å². The Kier molecular flexibility index (Phi) is 5.59. The fourth-order valence-corrected chi connectivity index (χ4v) is 2.80. The van der Waals surface area contributed by atoms with Crippen molar-refractivity contribution in [3.05, 3.63) is 18.3 Å². The number of piperidine rings is 1. The molecule has 0 bridgehead atoms. The molecule has 0 aliphatic carbocycles. The standard InChI is InChI=1S/C17H27N3O/c1-4-14(5-2)17(21)19-16-7-6-15(12-18-16)20-10-8-13(3)9-11-20/h6-7,12-14H,4-5,8-11H2,1-3H3,(H,18,19,21). The van der Waals surface area contributed by atoms with Crippen LogP contribution in [0.4, 0.5) is 11.5 Å². The van der Waals surface area contributed by atoms with Gasteiger partial charge < -0.3 is 10.2 Å². The number of carbonyl (C=O) groups is 1. The Bertz CT molecular complexity index is 446. The lowest BCUT2D eigenvalue weighted by molar-refractivity contribution is -0.120. The lowest BCUT2D eigenvalue weighted by atomic mass is 9.99. The Labute approximate surface area is 127 Å². The fourth-order valence-electron chi connectivity index (χ4n) is 2.80. The first-order valence-corrected chi connectivity index (χ1v) is 8.15. The molecular formula is C17H27N3O. The molecule has 1 fully saturated rings. The number of nitrogens with one attached hydrogen (secondary N) is 1. The Hall–Kier alpha value is -1.58. The molecule has 1 saturated heterocycles. The molecule has 0 radical (unpaired) electrons. The summed E-state index contributed by atoms with van der Waals surface area (Å²) in [6.45, 7) is 8.60. The molecule has 1 amide bonds. The van der Waals surface area contributed by atoms with E-state index in [1.165, 1.54) is 12.8 Å². The van der Waals surface area contributed by atoms with Gasteiger partial charge in [0.05, 0.1) is 11.9 Å². The first-order chi connectivity index (χ1) is 10.1. The van der Waals surface area contributed by atoms with Crippen LogP contribution in [0.5, 0.6) is 0 Å². The summed E-state index contributed by atoms with van der Waals surface area (Å²) in [6.07, 6.45) is 6.09. The van der Waals surface area contributed by atoms with Crippen molar-refractivity contribution in [2.75, 3.05) is 23.3 Å². The maximum atomic E-state index is 12.0. The summed E-state index contributed by atoms with van der Waals surface area (Å²) in [7, 11) is 0. The maximum absolute atomic E-state index is 12.0. The van der Waals surface area contributed by atoms with Crippen molar-refractivity contribution < 1.29 is 4.79 Å². The van der Waals surface area contributed by atoms with Crippen LogP contribution in [0, 0.1) is 11.8 Å². The van der Waals surface area contributed by atoms with Gasteiger partial charge in [-0.3, -0.25) is 4.79 Å². The van der Waals surface area contributed by atoms with Crippen LogP contribution in [0.3, 0.4) is 0 Å². The van der Waals surface area contributed by atoms with Gasteiger partial charge in [-0.25, -0.2) is 4.98 Å². The van der Waals surface area contributed by atoms with E-state index in [1.54, 1.807) is 0 Å². The van der Waals surface area contributed by atoms with Gasteiger partial charge in [0, 0.05) is 19.0 Å². The topological polar surface area (TPSA) is 45.2 Å². The number of pyridine rings is 1. The number of rotatable bonds is 5. The molecular weight excluding hydrogens is 262 g/mol. The van der Waals surface area contributed by atoms with E-state index in [2.05, 4.69) is 28.2 Å². The van der Waals surface area contributed by atoms with Gasteiger partial charge in [0.15, 0.2) is 0 Å². The van der Waals surface area contributed by atoms with E-state index >= 15 is 0 Å². The molecule has 1 aliphatic heterocycles. The molecule has 1 aliphatic rings. The van der Waals surface area contributed by atoms with Crippen LogP contribution in [-0.4, -0.2) is 24.0 Å². The molecule has 0 atom stereocenters. The molecule has 1 aromatic heterocycles.